The molecule has 5 heteroatoms. The highest BCUT2D eigenvalue weighted by atomic mass is 16.5. The van der Waals surface area contributed by atoms with E-state index in [-0.39, 0.29) is 19.3 Å². The molecular weight excluding hydrogens is 330 g/mol. The van der Waals surface area contributed by atoms with E-state index < -0.39 is 5.97 Å². The Balaban J connectivity index is 1.66. The van der Waals surface area contributed by atoms with Crippen molar-refractivity contribution in [3.63, 3.8) is 0 Å². The number of hydroxylamine groups is 1. The van der Waals surface area contributed by atoms with Crippen molar-refractivity contribution in [2.75, 3.05) is 6.61 Å². The van der Waals surface area contributed by atoms with Gasteiger partial charge in [0.05, 0.1) is 12.7 Å². The number of hydrogen-bond donors (Lipinski definition) is 0. The van der Waals surface area contributed by atoms with Gasteiger partial charge in [0, 0.05) is 5.56 Å². The molecule has 1 atom stereocenters. The molecule has 26 heavy (non-hydrogen) atoms. The predicted octanol–water partition coefficient (Wildman–Crippen LogP) is 3.47. The zero-order valence-corrected chi connectivity index (χ0v) is 14.8. The average molecular weight is 353 g/mol. The van der Waals surface area contributed by atoms with Gasteiger partial charge in [-0.25, -0.2) is 9.53 Å². The highest BCUT2D eigenvalue weighted by Gasteiger charge is 2.05. The smallest absolute Gasteiger partial charge is 0.396 e. The van der Waals surface area contributed by atoms with Crippen LogP contribution in [0.4, 0.5) is 0 Å². The lowest BCUT2D eigenvalue weighted by Gasteiger charge is -2.08. The van der Waals surface area contributed by atoms with Crippen molar-refractivity contribution in [1.29, 1.82) is 0 Å². The van der Waals surface area contributed by atoms with Gasteiger partial charge in [-0.05, 0) is 18.6 Å². The summed E-state index contributed by atoms with van der Waals surface area (Å²) in [5.41, 5.74) is 1.93. The van der Waals surface area contributed by atoms with Crippen molar-refractivity contribution >= 4 is 12.2 Å². The van der Waals surface area contributed by atoms with E-state index in [1.807, 2.05) is 73.7 Å². The lowest BCUT2D eigenvalue weighted by Crippen LogP contribution is -2.15. The van der Waals surface area contributed by atoms with E-state index in [1.54, 1.807) is 6.08 Å². The van der Waals surface area contributed by atoms with Gasteiger partial charge in [0.2, 0.25) is 0 Å². The summed E-state index contributed by atoms with van der Waals surface area (Å²) in [4.78, 5) is 11.6. The van der Waals surface area contributed by atoms with E-state index in [9.17, 15) is 10.0 Å². The molecule has 0 spiro atoms. The Labute approximate surface area is 153 Å². The molecule has 0 aliphatic carbocycles. The molecule has 0 saturated heterocycles. The molecule has 2 rings (SSSR count). The van der Waals surface area contributed by atoms with E-state index in [1.165, 1.54) is 0 Å². The third kappa shape index (κ3) is 7.77. The second-order valence-electron chi connectivity index (χ2n) is 5.75. The van der Waals surface area contributed by atoms with Gasteiger partial charge in [-0.1, -0.05) is 66.7 Å². The SMILES string of the molecule is CC(/C=C/COC(=O)/C=[N+](\[O-])Cc1ccccc1)OCc1ccccc1. The van der Waals surface area contributed by atoms with Crippen LogP contribution in [0.2, 0.25) is 0 Å². The fourth-order valence-corrected chi connectivity index (χ4v) is 2.20. The number of nitrogens with zero attached hydrogens (tertiary/aromatic N) is 1. The molecule has 0 aliphatic rings. The normalized spacial score (nSPS) is 12.9. The summed E-state index contributed by atoms with van der Waals surface area (Å²) in [5, 5.41) is 11.7. The van der Waals surface area contributed by atoms with E-state index >= 15 is 0 Å². The minimum Gasteiger partial charge on any atom is -0.623 e. The zero-order valence-electron chi connectivity index (χ0n) is 14.8. The molecule has 0 bridgehead atoms. The van der Waals surface area contributed by atoms with Gasteiger partial charge >= 0.3 is 5.97 Å². The molecule has 0 saturated carbocycles. The van der Waals surface area contributed by atoms with Crippen LogP contribution in [0.15, 0.2) is 72.8 Å². The van der Waals surface area contributed by atoms with Gasteiger partial charge in [-0.3, -0.25) is 0 Å². The first-order valence-electron chi connectivity index (χ1n) is 8.45. The fraction of sp³-hybridized carbons (Fsp3) is 0.238. The molecule has 0 N–H and O–H groups in total. The van der Waals surface area contributed by atoms with Crippen molar-refractivity contribution < 1.29 is 19.0 Å². The average Bonchev–Trinajstić information content (AvgIpc) is 2.65. The lowest BCUT2D eigenvalue weighted by molar-refractivity contribution is -0.469. The zero-order chi connectivity index (χ0) is 18.6. The third-order valence-electron chi connectivity index (χ3n) is 3.52. The minimum atomic E-state index is -0.668. The molecule has 0 radical (unpaired) electrons. The molecule has 0 fully saturated rings. The first-order valence-corrected chi connectivity index (χ1v) is 8.45. The number of hydrogen-bond acceptors (Lipinski definition) is 4. The van der Waals surface area contributed by atoms with Crippen LogP contribution in [-0.2, 0) is 27.4 Å². The number of ether oxygens (including phenoxy) is 2. The van der Waals surface area contributed by atoms with Crippen molar-refractivity contribution in [3.8, 4) is 0 Å². The lowest BCUT2D eigenvalue weighted by atomic mass is 10.2. The molecule has 0 aromatic heterocycles. The standard InChI is InChI=1S/C21H23NO4/c1-18(26-17-20-12-6-3-7-13-20)9-8-14-25-21(23)16-22(24)15-19-10-4-2-5-11-19/h2-13,16,18H,14-15,17H2,1H3/b9-8+,22-16-. The minimum absolute atomic E-state index is 0.0908. The maximum absolute atomic E-state index is 11.7. The monoisotopic (exact) mass is 353 g/mol. The van der Waals surface area contributed by atoms with Crippen molar-refractivity contribution in [1.82, 2.24) is 0 Å². The van der Waals surface area contributed by atoms with Gasteiger partial charge < -0.3 is 14.7 Å². The van der Waals surface area contributed by atoms with E-state index in [2.05, 4.69) is 0 Å². The number of carbonyl (C=O) groups excluding carboxylic acids is 1. The number of carbonyl (C=O) groups is 1. The molecule has 5 nitrogen and oxygen atoms in total. The predicted molar refractivity (Wildman–Crippen MR) is 101 cm³/mol. The van der Waals surface area contributed by atoms with Crippen molar-refractivity contribution in [2.24, 2.45) is 0 Å². The van der Waals surface area contributed by atoms with E-state index in [0.29, 0.717) is 11.3 Å². The second-order valence-corrected chi connectivity index (χ2v) is 5.75. The Morgan fingerprint density at radius 2 is 1.69 bits per heavy atom. The molecule has 0 amide bonds. The highest BCUT2D eigenvalue weighted by Crippen LogP contribution is 2.04. The van der Waals surface area contributed by atoms with Gasteiger partial charge in [-0.15, -0.1) is 0 Å². The van der Waals surface area contributed by atoms with Crippen LogP contribution in [0.5, 0.6) is 0 Å². The first kappa shape index (κ1) is 19.4. The largest absolute Gasteiger partial charge is 0.623 e. The first-order chi connectivity index (χ1) is 12.6. The van der Waals surface area contributed by atoms with Crippen molar-refractivity contribution in [2.45, 2.75) is 26.2 Å². The van der Waals surface area contributed by atoms with Crippen LogP contribution < -0.4 is 0 Å². The van der Waals surface area contributed by atoms with Gasteiger partial charge in [0.25, 0.3) is 6.21 Å². The molecule has 136 valence electrons. The molecule has 2 aromatic carbocycles. The Bertz CT molecular complexity index is 726. The highest BCUT2D eigenvalue weighted by molar-refractivity contribution is 6.20. The summed E-state index contributed by atoms with van der Waals surface area (Å²) in [6.45, 7) is 2.63. The number of rotatable bonds is 9. The molecule has 2 aromatic rings. The molecular formula is C21H23NO4. The van der Waals surface area contributed by atoms with E-state index in [0.717, 1.165) is 17.3 Å². The van der Waals surface area contributed by atoms with E-state index in [4.69, 9.17) is 9.47 Å². The summed E-state index contributed by atoms with van der Waals surface area (Å²) in [5.74, 6) is -0.668. The Kier molecular flexibility index (Phi) is 8.09. The van der Waals surface area contributed by atoms with Crippen molar-refractivity contribution in [3.05, 3.63) is 89.1 Å². The maximum atomic E-state index is 11.7. The molecule has 0 aliphatic heterocycles. The van der Waals surface area contributed by atoms with Crippen LogP contribution in [-0.4, -0.2) is 29.6 Å². The van der Waals surface area contributed by atoms with Crippen LogP contribution in [0, 0.1) is 5.21 Å². The van der Waals surface area contributed by atoms with Crippen LogP contribution >= 0.6 is 0 Å². The quantitative estimate of drug-likeness (QED) is 0.173. The van der Waals surface area contributed by atoms with Gasteiger partial charge in [0.1, 0.15) is 6.61 Å². The Hall–Kier alpha value is -2.92. The summed E-state index contributed by atoms with van der Waals surface area (Å²) < 4.78 is 11.2. The number of esters is 1. The van der Waals surface area contributed by atoms with Gasteiger partial charge in [-0.2, -0.15) is 0 Å². The summed E-state index contributed by atoms with van der Waals surface area (Å²) in [7, 11) is 0. The Morgan fingerprint density at radius 1 is 1.08 bits per heavy atom. The second kappa shape index (κ2) is 10.8. The summed E-state index contributed by atoms with van der Waals surface area (Å²) in [6, 6.07) is 19.1. The van der Waals surface area contributed by atoms with Crippen LogP contribution in [0.3, 0.4) is 0 Å². The number of benzene rings is 2. The third-order valence-corrected chi connectivity index (χ3v) is 3.52. The molecule has 0 heterocycles. The summed E-state index contributed by atoms with van der Waals surface area (Å²) >= 11 is 0. The maximum Gasteiger partial charge on any atom is 0.396 e. The fourth-order valence-electron chi connectivity index (χ4n) is 2.20. The topological polar surface area (TPSA) is 61.6 Å². The van der Waals surface area contributed by atoms with Gasteiger partial charge in [0.15, 0.2) is 6.54 Å². The van der Waals surface area contributed by atoms with Crippen LogP contribution in [0.25, 0.3) is 0 Å². The summed E-state index contributed by atoms with van der Waals surface area (Å²) in [6.07, 6.45) is 4.32. The Morgan fingerprint density at radius 3 is 2.35 bits per heavy atom. The molecule has 1 unspecified atom stereocenters. The van der Waals surface area contributed by atoms with Crippen LogP contribution in [0.1, 0.15) is 18.1 Å².